The number of nitrogens with one attached hydrogen (secondary N) is 1. The highest BCUT2D eigenvalue weighted by molar-refractivity contribution is 7.83. The number of benzene rings is 2. The minimum atomic E-state index is -1.35. The van der Waals surface area contributed by atoms with E-state index in [1.165, 1.54) is 0 Å². The number of aromatic nitrogens is 1. The van der Waals surface area contributed by atoms with Gasteiger partial charge in [-0.2, -0.15) is 5.26 Å². The number of aryl methyl sites for hydroxylation is 1. The summed E-state index contributed by atoms with van der Waals surface area (Å²) in [5.41, 5.74) is 3.57. The lowest BCUT2D eigenvalue weighted by Gasteiger charge is -2.19. The van der Waals surface area contributed by atoms with Gasteiger partial charge in [-0.25, -0.2) is 8.93 Å². The van der Waals surface area contributed by atoms with Crippen LogP contribution in [0.1, 0.15) is 28.3 Å². The van der Waals surface area contributed by atoms with Gasteiger partial charge in [0.25, 0.3) is 0 Å². The summed E-state index contributed by atoms with van der Waals surface area (Å²) in [5, 5.41) is 9.32. The lowest BCUT2D eigenvalue weighted by atomic mass is 9.98. The molecule has 1 unspecified atom stereocenters. The topological polar surface area (TPSA) is 65.8 Å². The van der Waals surface area contributed by atoms with E-state index in [4.69, 9.17) is 0 Å². The molecule has 2 aromatic carbocycles. The fourth-order valence-corrected chi connectivity index (χ4v) is 3.69. The number of nitriles is 1. The Hall–Kier alpha value is -2.81. The van der Waals surface area contributed by atoms with Gasteiger partial charge in [0.15, 0.2) is 0 Å². The molecular formula is C21H19N3OS. The molecule has 130 valence electrons. The molecule has 2 atom stereocenters. The summed E-state index contributed by atoms with van der Waals surface area (Å²) in [4.78, 5) is 4.74. The summed E-state index contributed by atoms with van der Waals surface area (Å²) in [6.07, 6.45) is 3.79. The minimum absolute atomic E-state index is 0.187. The maximum atomic E-state index is 12.8. The number of rotatable bonds is 6. The summed E-state index contributed by atoms with van der Waals surface area (Å²) in [7, 11) is -1.35. The predicted octanol–water partition coefficient (Wildman–Crippen LogP) is 3.86. The molecule has 26 heavy (non-hydrogen) atoms. The molecule has 0 saturated carbocycles. The van der Waals surface area contributed by atoms with Crippen molar-refractivity contribution >= 4 is 11.0 Å². The Bertz CT molecular complexity index is 933. The zero-order chi connectivity index (χ0) is 18.4. The first-order chi connectivity index (χ1) is 12.7. The van der Waals surface area contributed by atoms with Crippen LogP contribution in [-0.2, 0) is 17.4 Å². The van der Waals surface area contributed by atoms with Crippen molar-refractivity contribution < 1.29 is 4.21 Å². The van der Waals surface area contributed by atoms with E-state index < -0.39 is 11.0 Å². The Morgan fingerprint density at radius 1 is 1.12 bits per heavy atom. The van der Waals surface area contributed by atoms with Gasteiger partial charge in [-0.05, 0) is 42.7 Å². The Labute approximate surface area is 156 Å². The molecule has 4 nitrogen and oxygen atoms in total. The van der Waals surface area contributed by atoms with Crippen LogP contribution in [0.3, 0.4) is 0 Å². The molecule has 5 heteroatoms. The second-order valence-electron chi connectivity index (χ2n) is 6.01. The molecule has 3 aromatic rings. The summed E-state index contributed by atoms with van der Waals surface area (Å²) < 4.78 is 16.0. The Balaban J connectivity index is 1.88. The van der Waals surface area contributed by atoms with E-state index >= 15 is 0 Å². The van der Waals surface area contributed by atoms with Crippen molar-refractivity contribution in [2.75, 3.05) is 0 Å². The van der Waals surface area contributed by atoms with Crippen molar-refractivity contribution in [1.29, 1.82) is 5.26 Å². The van der Waals surface area contributed by atoms with Gasteiger partial charge in [-0.3, -0.25) is 4.98 Å². The third kappa shape index (κ3) is 4.42. The molecule has 0 aliphatic heterocycles. The van der Waals surface area contributed by atoms with Crippen LogP contribution in [0.2, 0.25) is 0 Å². The highest BCUT2D eigenvalue weighted by atomic mass is 32.2. The molecule has 0 saturated heterocycles. The molecule has 0 spiro atoms. The van der Waals surface area contributed by atoms with Crippen molar-refractivity contribution in [2.24, 2.45) is 0 Å². The summed E-state index contributed by atoms with van der Waals surface area (Å²) >= 11 is 0. The monoisotopic (exact) mass is 361 g/mol. The van der Waals surface area contributed by atoms with Gasteiger partial charge in [-0.15, -0.1) is 0 Å². The third-order valence-electron chi connectivity index (χ3n) is 4.14. The molecule has 0 amide bonds. The molecule has 0 bridgehead atoms. The second kappa shape index (κ2) is 8.52. The molecule has 3 rings (SSSR count). The van der Waals surface area contributed by atoms with Crippen molar-refractivity contribution in [2.45, 2.75) is 24.3 Å². The van der Waals surface area contributed by atoms with Crippen molar-refractivity contribution in [3.8, 4) is 6.07 Å². The first-order valence-corrected chi connectivity index (χ1v) is 9.45. The largest absolute Gasteiger partial charge is 0.263 e. The lowest BCUT2D eigenvalue weighted by Crippen LogP contribution is -2.26. The van der Waals surface area contributed by atoms with Crippen LogP contribution in [0.5, 0.6) is 0 Å². The normalized spacial score (nSPS) is 12.9. The number of pyridine rings is 1. The smallest absolute Gasteiger partial charge is 0.125 e. The molecule has 0 aliphatic rings. The molecule has 1 N–H and O–H groups in total. The average Bonchev–Trinajstić information content (AvgIpc) is 2.69. The van der Waals surface area contributed by atoms with Gasteiger partial charge in [0, 0.05) is 18.4 Å². The van der Waals surface area contributed by atoms with E-state index in [0.717, 1.165) is 21.6 Å². The van der Waals surface area contributed by atoms with Gasteiger partial charge in [0.1, 0.15) is 17.1 Å². The van der Waals surface area contributed by atoms with E-state index in [9.17, 15) is 9.47 Å². The lowest BCUT2D eigenvalue weighted by molar-refractivity contribution is 0.623. The highest BCUT2D eigenvalue weighted by Gasteiger charge is 2.17. The molecule has 1 aromatic heterocycles. The fourth-order valence-electron chi connectivity index (χ4n) is 2.69. The van der Waals surface area contributed by atoms with Crippen LogP contribution in [0.25, 0.3) is 0 Å². The van der Waals surface area contributed by atoms with E-state index in [0.29, 0.717) is 12.0 Å². The SMILES string of the molecule is Cc1ccc([S@](=O)NC(Cc2ccncc2C#N)c2ccccc2)cc1. The van der Waals surface area contributed by atoms with Crippen LogP contribution in [0.15, 0.2) is 78.0 Å². The summed E-state index contributed by atoms with van der Waals surface area (Å²) in [5.74, 6) is 0. The van der Waals surface area contributed by atoms with E-state index in [1.54, 1.807) is 12.4 Å². The predicted molar refractivity (Wildman–Crippen MR) is 103 cm³/mol. The summed E-state index contributed by atoms with van der Waals surface area (Å²) in [6.45, 7) is 2.00. The van der Waals surface area contributed by atoms with Gasteiger partial charge in [0.05, 0.1) is 10.5 Å². The first kappa shape index (κ1) is 18.0. The van der Waals surface area contributed by atoms with Crippen LogP contribution < -0.4 is 4.72 Å². The quantitative estimate of drug-likeness (QED) is 0.725. The molecule has 0 fully saturated rings. The van der Waals surface area contributed by atoms with Crippen molar-refractivity contribution in [3.63, 3.8) is 0 Å². The van der Waals surface area contributed by atoms with Crippen molar-refractivity contribution in [3.05, 3.63) is 95.3 Å². The van der Waals surface area contributed by atoms with Gasteiger partial charge in [0.2, 0.25) is 0 Å². The maximum Gasteiger partial charge on any atom is 0.125 e. The maximum absolute atomic E-state index is 12.8. The van der Waals surface area contributed by atoms with Crippen molar-refractivity contribution in [1.82, 2.24) is 9.71 Å². The van der Waals surface area contributed by atoms with E-state index in [-0.39, 0.29) is 6.04 Å². The van der Waals surface area contributed by atoms with E-state index in [2.05, 4.69) is 15.8 Å². The average molecular weight is 361 g/mol. The highest BCUT2D eigenvalue weighted by Crippen LogP contribution is 2.22. The molecular weight excluding hydrogens is 342 g/mol. The standard InChI is InChI=1S/C21H19N3OS/c1-16-7-9-20(10-8-16)26(25)24-21(17-5-3-2-4-6-17)13-18-11-12-23-15-19(18)14-22/h2-12,15,21,24H,13H2,1H3/t21?,26-/m0/s1. The molecule has 0 radical (unpaired) electrons. The zero-order valence-electron chi connectivity index (χ0n) is 14.4. The minimum Gasteiger partial charge on any atom is -0.263 e. The fraction of sp³-hybridized carbons (Fsp3) is 0.143. The molecule has 1 heterocycles. The Morgan fingerprint density at radius 2 is 1.85 bits per heavy atom. The zero-order valence-corrected chi connectivity index (χ0v) is 15.2. The number of hydrogen-bond acceptors (Lipinski definition) is 3. The Morgan fingerprint density at radius 3 is 2.54 bits per heavy atom. The van der Waals surface area contributed by atoms with Crippen LogP contribution >= 0.6 is 0 Å². The van der Waals surface area contributed by atoms with Gasteiger partial charge in [-0.1, -0.05) is 48.0 Å². The first-order valence-electron chi connectivity index (χ1n) is 8.30. The number of hydrogen-bond donors (Lipinski definition) is 1. The summed E-state index contributed by atoms with van der Waals surface area (Å²) in [6, 6.07) is 21.3. The third-order valence-corrected chi connectivity index (χ3v) is 5.34. The van der Waals surface area contributed by atoms with E-state index in [1.807, 2.05) is 67.6 Å². The molecule has 0 aliphatic carbocycles. The Kier molecular flexibility index (Phi) is 5.90. The number of nitrogens with zero attached hydrogens (tertiary/aromatic N) is 2. The van der Waals surface area contributed by atoms with Crippen LogP contribution in [0.4, 0.5) is 0 Å². The van der Waals surface area contributed by atoms with Gasteiger partial charge < -0.3 is 0 Å². The van der Waals surface area contributed by atoms with Crippen LogP contribution in [0, 0.1) is 18.3 Å². The second-order valence-corrected chi connectivity index (χ2v) is 7.26. The van der Waals surface area contributed by atoms with Crippen LogP contribution in [-0.4, -0.2) is 9.19 Å². The van der Waals surface area contributed by atoms with Gasteiger partial charge >= 0.3 is 0 Å².